The molecule has 0 unspecified atom stereocenters. The monoisotopic (exact) mass is 585 g/mol. The van der Waals surface area contributed by atoms with Crippen LogP contribution in [-0.4, -0.2) is 15.0 Å². The second-order valence-corrected chi connectivity index (χ2v) is 11.6. The average molecular weight is 586 g/mol. The van der Waals surface area contributed by atoms with Crippen LogP contribution >= 0.6 is 0 Å². The molecule has 3 nitrogen and oxygen atoms in total. The van der Waals surface area contributed by atoms with E-state index < -0.39 is 0 Å². The summed E-state index contributed by atoms with van der Waals surface area (Å²) in [6.07, 6.45) is 0. The summed E-state index contributed by atoms with van der Waals surface area (Å²) in [5, 5.41) is 9.40. The fourth-order valence-electron chi connectivity index (χ4n) is 6.66. The molecule has 0 amide bonds. The quantitative estimate of drug-likeness (QED) is 0.193. The van der Waals surface area contributed by atoms with Crippen molar-refractivity contribution in [3.8, 4) is 45.3 Å². The largest absolute Gasteiger partial charge is 0.208 e. The van der Waals surface area contributed by atoms with Crippen LogP contribution in [0.3, 0.4) is 0 Å². The first-order chi connectivity index (χ1) is 22.8. The lowest BCUT2D eigenvalue weighted by Crippen LogP contribution is -2.01. The summed E-state index contributed by atoms with van der Waals surface area (Å²) in [7, 11) is 0. The van der Waals surface area contributed by atoms with Crippen LogP contribution in [0.1, 0.15) is 0 Å². The number of hydrogen-bond donors (Lipinski definition) is 0. The maximum atomic E-state index is 5.23. The Kier molecular flexibility index (Phi) is 6.14. The van der Waals surface area contributed by atoms with E-state index in [4.69, 9.17) is 15.0 Å². The van der Waals surface area contributed by atoms with Crippen molar-refractivity contribution in [1.29, 1.82) is 0 Å². The van der Waals surface area contributed by atoms with Crippen LogP contribution in [0.15, 0.2) is 164 Å². The Morgan fingerprint density at radius 1 is 0.261 bits per heavy atom. The van der Waals surface area contributed by atoms with Crippen LogP contribution in [0.4, 0.5) is 0 Å². The Hall–Kier alpha value is -6.19. The molecule has 0 aliphatic carbocycles. The summed E-state index contributed by atoms with van der Waals surface area (Å²) >= 11 is 0. The van der Waals surface area contributed by atoms with E-state index >= 15 is 0 Å². The first-order valence-corrected chi connectivity index (χ1v) is 15.5. The maximum absolute atomic E-state index is 5.23. The summed E-state index contributed by atoms with van der Waals surface area (Å²) in [6.45, 7) is 0. The minimum Gasteiger partial charge on any atom is -0.208 e. The molecular formula is C43H27N3. The van der Waals surface area contributed by atoms with E-state index in [2.05, 4.69) is 158 Å². The number of aromatic nitrogens is 3. The maximum Gasteiger partial charge on any atom is 0.164 e. The van der Waals surface area contributed by atoms with Crippen molar-refractivity contribution in [1.82, 2.24) is 15.0 Å². The summed E-state index contributed by atoms with van der Waals surface area (Å²) in [5.74, 6) is 1.96. The topological polar surface area (TPSA) is 38.7 Å². The molecule has 0 spiro atoms. The molecule has 0 atom stereocenters. The van der Waals surface area contributed by atoms with Crippen molar-refractivity contribution in [2.75, 3.05) is 0 Å². The van der Waals surface area contributed by atoms with Crippen LogP contribution in [0.5, 0.6) is 0 Å². The number of hydrogen-bond acceptors (Lipinski definition) is 3. The lowest BCUT2D eigenvalue weighted by Gasteiger charge is -2.14. The van der Waals surface area contributed by atoms with Gasteiger partial charge in [0.05, 0.1) is 0 Å². The molecular weight excluding hydrogens is 558 g/mol. The third-order valence-electron chi connectivity index (χ3n) is 8.92. The summed E-state index contributed by atoms with van der Waals surface area (Å²) in [5.41, 5.74) is 5.25. The smallest absolute Gasteiger partial charge is 0.164 e. The molecule has 0 aliphatic heterocycles. The molecule has 8 aromatic carbocycles. The fourth-order valence-corrected chi connectivity index (χ4v) is 6.66. The summed E-state index contributed by atoms with van der Waals surface area (Å²) < 4.78 is 0. The molecule has 0 aliphatic rings. The van der Waals surface area contributed by atoms with Gasteiger partial charge in [-0.25, -0.2) is 15.0 Å². The van der Waals surface area contributed by atoms with Crippen molar-refractivity contribution in [2.45, 2.75) is 0 Å². The highest BCUT2D eigenvalue weighted by Crippen LogP contribution is 2.37. The Balaban J connectivity index is 1.30. The molecule has 1 heterocycles. The Labute approximate surface area is 266 Å². The lowest BCUT2D eigenvalue weighted by molar-refractivity contribution is 1.08. The van der Waals surface area contributed by atoms with Crippen molar-refractivity contribution in [3.05, 3.63) is 164 Å². The standard InChI is InChI=1S/C43H27N3/c1-2-11-28(12-3-1)29-21-23-31(24-22-29)41-44-42(39-20-10-19-36-33-15-6-4-13-30(33)25-26-38(36)39)46-43(45-41)40-27-32-14-5-7-16-34(32)35-17-8-9-18-37(35)40/h1-27H. The molecule has 214 valence electrons. The van der Waals surface area contributed by atoms with Crippen LogP contribution < -0.4 is 0 Å². The second-order valence-electron chi connectivity index (χ2n) is 11.6. The van der Waals surface area contributed by atoms with E-state index in [1.54, 1.807) is 0 Å². The van der Waals surface area contributed by atoms with Gasteiger partial charge in [0.25, 0.3) is 0 Å². The zero-order valence-corrected chi connectivity index (χ0v) is 24.9. The zero-order chi connectivity index (χ0) is 30.5. The van der Waals surface area contributed by atoms with Crippen molar-refractivity contribution in [2.24, 2.45) is 0 Å². The Morgan fingerprint density at radius 3 is 1.52 bits per heavy atom. The third kappa shape index (κ3) is 4.41. The van der Waals surface area contributed by atoms with Gasteiger partial charge >= 0.3 is 0 Å². The third-order valence-corrected chi connectivity index (χ3v) is 8.92. The Bertz CT molecular complexity index is 2570. The second kappa shape index (κ2) is 10.8. The number of rotatable bonds is 4. The first kappa shape index (κ1) is 26.2. The van der Waals surface area contributed by atoms with Gasteiger partial charge in [0.1, 0.15) is 0 Å². The van der Waals surface area contributed by atoms with E-state index in [0.29, 0.717) is 17.5 Å². The van der Waals surface area contributed by atoms with Crippen LogP contribution in [0.2, 0.25) is 0 Å². The molecule has 0 fully saturated rings. The highest BCUT2D eigenvalue weighted by Gasteiger charge is 2.17. The predicted octanol–water partition coefficient (Wildman–Crippen LogP) is 11.2. The van der Waals surface area contributed by atoms with Gasteiger partial charge in [-0.2, -0.15) is 0 Å². The molecule has 3 heteroatoms. The van der Waals surface area contributed by atoms with E-state index in [-0.39, 0.29) is 0 Å². The highest BCUT2D eigenvalue weighted by molar-refractivity contribution is 6.14. The zero-order valence-electron chi connectivity index (χ0n) is 24.9. The van der Waals surface area contributed by atoms with Crippen molar-refractivity contribution >= 4 is 43.1 Å². The van der Waals surface area contributed by atoms with Gasteiger partial charge in [0.2, 0.25) is 0 Å². The molecule has 0 saturated carbocycles. The molecule has 9 aromatic rings. The molecule has 46 heavy (non-hydrogen) atoms. The molecule has 0 N–H and O–H groups in total. The van der Waals surface area contributed by atoms with Crippen LogP contribution in [0, 0.1) is 0 Å². The molecule has 9 rings (SSSR count). The summed E-state index contributed by atoms with van der Waals surface area (Å²) in [4.78, 5) is 15.5. The molecule has 0 saturated heterocycles. The van der Waals surface area contributed by atoms with Crippen LogP contribution in [0.25, 0.3) is 88.4 Å². The fraction of sp³-hybridized carbons (Fsp3) is 0. The SMILES string of the molecule is c1ccc(-c2ccc(-c3nc(-c4cccc5c4ccc4ccccc45)nc(-c4cc5ccccc5c5ccccc45)n3)cc2)cc1. The van der Waals surface area contributed by atoms with Gasteiger partial charge in [0.15, 0.2) is 17.5 Å². The van der Waals surface area contributed by atoms with Crippen LogP contribution in [-0.2, 0) is 0 Å². The van der Waals surface area contributed by atoms with Gasteiger partial charge in [-0.3, -0.25) is 0 Å². The number of nitrogens with zero attached hydrogens (tertiary/aromatic N) is 3. The van der Waals surface area contributed by atoms with E-state index in [0.717, 1.165) is 38.4 Å². The predicted molar refractivity (Wildman–Crippen MR) is 192 cm³/mol. The van der Waals surface area contributed by atoms with Gasteiger partial charge in [0, 0.05) is 16.7 Å². The van der Waals surface area contributed by atoms with Crippen molar-refractivity contribution in [3.63, 3.8) is 0 Å². The van der Waals surface area contributed by atoms with Gasteiger partial charge in [-0.15, -0.1) is 0 Å². The van der Waals surface area contributed by atoms with Gasteiger partial charge in [-0.05, 0) is 60.3 Å². The minimum atomic E-state index is 0.648. The number of benzene rings is 8. The van der Waals surface area contributed by atoms with E-state index in [1.807, 2.05) is 6.07 Å². The minimum absolute atomic E-state index is 0.648. The Morgan fingerprint density at radius 2 is 0.761 bits per heavy atom. The first-order valence-electron chi connectivity index (χ1n) is 15.5. The van der Waals surface area contributed by atoms with Gasteiger partial charge in [-0.1, -0.05) is 158 Å². The highest BCUT2D eigenvalue weighted by atomic mass is 15.0. The average Bonchev–Trinajstić information content (AvgIpc) is 3.14. The van der Waals surface area contributed by atoms with E-state index in [9.17, 15) is 0 Å². The van der Waals surface area contributed by atoms with E-state index in [1.165, 1.54) is 32.5 Å². The molecule has 0 radical (unpaired) electrons. The molecule has 0 bridgehead atoms. The molecule has 1 aromatic heterocycles. The number of fused-ring (bicyclic) bond motifs is 6. The van der Waals surface area contributed by atoms with Gasteiger partial charge < -0.3 is 0 Å². The summed E-state index contributed by atoms with van der Waals surface area (Å²) in [6, 6.07) is 57.5. The van der Waals surface area contributed by atoms with Crippen molar-refractivity contribution < 1.29 is 0 Å². The normalized spacial score (nSPS) is 11.5. The lowest BCUT2D eigenvalue weighted by atomic mass is 9.96.